The maximum absolute atomic E-state index is 13.1. The van der Waals surface area contributed by atoms with Gasteiger partial charge in [-0.15, -0.1) is 11.3 Å². The monoisotopic (exact) mass is 393 g/mol. The van der Waals surface area contributed by atoms with Gasteiger partial charge in [-0.1, -0.05) is 18.2 Å². The van der Waals surface area contributed by atoms with Crippen molar-refractivity contribution in [1.29, 1.82) is 0 Å². The molecule has 0 fully saturated rings. The van der Waals surface area contributed by atoms with Crippen LogP contribution in [-0.4, -0.2) is 30.4 Å². The summed E-state index contributed by atoms with van der Waals surface area (Å²) in [5, 5.41) is 1.95. The van der Waals surface area contributed by atoms with Crippen LogP contribution in [0.2, 0.25) is 0 Å². The number of nitrogens with zero attached hydrogens (tertiary/aromatic N) is 1. The van der Waals surface area contributed by atoms with Gasteiger partial charge in [-0.2, -0.15) is 0 Å². The summed E-state index contributed by atoms with van der Waals surface area (Å²) in [5.74, 6) is 0.759. The number of ether oxygens (including phenoxy) is 2. The van der Waals surface area contributed by atoms with Gasteiger partial charge in [-0.05, 0) is 59.8 Å². The lowest BCUT2D eigenvalue weighted by Crippen LogP contribution is -2.43. The number of hydrogen-bond donors (Lipinski definition) is 0. The van der Waals surface area contributed by atoms with Gasteiger partial charge in [0.25, 0.3) is 5.91 Å². The van der Waals surface area contributed by atoms with E-state index in [1.54, 1.807) is 40.5 Å². The fourth-order valence-corrected chi connectivity index (χ4v) is 4.26. The van der Waals surface area contributed by atoms with E-state index in [2.05, 4.69) is 0 Å². The normalized spacial score (nSPS) is 15.6. The van der Waals surface area contributed by atoms with E-state index in [1.807, 2.05) is 41.8 Å². The second kappa shape index (κ2) is 7.86. The summed E-state index contributed by atoms with van der Waals surface area (Å²) < 4.78 is 10.7. The van der Waals surface area contributed by atoms with E-state index >= 15 is 0 Å². The van der Waals surface area contributed by atoms with E-state index in [0.717, 1.165) is 22.6 Å². The first-order valence-electron chi connectivity index (χ1n) is 8.95. The van der Waals surface area contributed by atoms with Crippen LogP contribution in [0.1, 0.15) is 26.8 Å². The lowest BCUT2D eigenvalue weighted by Gasteiger charge is -2.34. The standard InChI is InChI=1S/C22H19NO4S/c1-26-22(25)20-18-12-14-28-19(18)11-13-23(20)21(24)15-7-9-17(10-8-15)27-16-5-3-2-4-6-16/h2-10,12,14,20H,11,13H2,1H3. The molecule has 1 unspecified atom stereocenters. The van der Waals surface area contributed by atoms with Crippen molar-refractivity contribution in [2.45, 2.75) is 12.5 Å². The van der Waals surface area contributed by atoms with E-state index in [1.165, 1.54) is 7.11 Å². The maximum Gasteiger partial charge on any atom is 0.333 e. The van der Waals surface area contributed by atoms with Crippen LogP contribution < -0.4 is 4.74 Å². The molecule has 28 heavy (non-hydrogen) atoms. The first-order valence-corrected chi connectivity index (χ1v) is 9.83. The van der Waals surface area contributed by atoms with Gasteiger partial charge < -0.3 is 14.4 Å². The quantitative estimate of drug-likeness (QED) is 0.615. The Bertz CT molecular complexity index is 981. The van der Waals surface area contributed by atoms with Crippen LogP contribution in [0.4, 0.5) is 0 Å². The van der Waals surface area contributed by atoms with Crippen LogP contribution in [0, 0.1) is 0 Å². The topological polar surface area (TPSA) is 55.8 Å². The number of thiophene rings is 1. The zero-order valence-electron chi connectivity index (χ0n) is 15.3. The van der Waals surface area contributed by atoms with Crippen LogP contribution in [0.3, 0.4) is 0 Å². The summed E-state index contributed by atoms with van der Waals surface area (Å²) >= 11 is 1.61. The number of methoxy groups -OCH3 is 1. The van der Waals surface area contributed by atoms with Gasteiger partial charge in [0.15, 0.2) is 6.04 Å². The number of esters is 1. The lowest BCUT2D eigenvalue weighted by atomic mass is 9.98. The largest absolute Gasteiger partial charge is 0.467 e. The highest BCUT2D eigenvalue weighted by atomic mass is 32.1. The number of fused-ring (bicyclic) bond motifs is 1. The molecule has 5 nitrogen and oxygen atoms in total. The Morgan fingerprint density at radius 3 is 2.43 bits per heavy atom. The predicted octanol–water partition coefficient (Wildman–Crippen LogP) is 4.45. The minimum atomic E-state index is -0.701. The summed E-state index contributed by atoms with van der Waals surface area (Å²) in [7, 11) is 1.35. The number of carbonyl (C=O) groups is 2. The summed E-state index contributed by atoms with van der Waals surface area (Å²) in [5.41, 5.74) is 1.37. The zero-order valence-corrected chi connectivity index (χ0v) is 16.1. The summed E-state index contributed by atoms with van der Waals surface area (Å²) in [6.07, 6.45) is 0.738. The third-order valence-electron chi connectivity index (χ3n) is 4.73. The Balaban J connectivity index is 1.56. The third-order valence-corrected chi connectivity index (χ3v) is 5.73. The molecule has 1 amide bonds. The molecule has 1 aliphatic rings. The molecule has 0 spiro atoms. The minimum Gasteiger partial charge on any atom is -0.467 e. The van der Waals surface area contributed by atoms with Crippen LogP contribution in [-0.2, 0) is 16.0 Å². The number of para-hydroxylation sites is 1. The number of rotatable bonds is 4. The molecular weight excluding hydrogens is 374 g/mol. The Morgan fingerprint density at radius 1 is 1.00 bits per heavy atom. The minimum absolute atomic E-state index is 0.196. The summed E-state index contributed by atoms with van der Waals surface area (Å²) in [4.78, 5) is 28.2. The van der Waals surface area contributed by atoms with E-state index < -0.39 is 12.0 Å². The number of benzene rings is 2. The van der Waals surface area contributed by atoms with Gasteiger partial charge in [0, 0.05) is 17.0 Å². The highest BCUT2D eigenvalue weighted by Crippen LogP contribution is 2.35. The molecule has 0 saturated heterocycles. The molecule has 0 bridgehead atoms. The van der Waals surface area contributed by atoms with Crippen molar-refractivity contribution in [3.05, 3.63) is 82.0 Å². The average molecular weight is 393 g/mol. The van der Waals surface area contributed by atoms with E-state index in [9.17, 15) is 9.59 Å². The van der Waals surface area contributed by atoms with Crippen LogP contribution >= 0.6 is 11.3 Å². The fraction of sp³-hybridized carbons (Fsp3) is 0.182. The Labute approximate surface area is 167 Å². The first-order chi connectivity index (χ1) is 13.7. The molecule has 2 aromatic carbocycles. The molecule has 3 aromatic rings. The van der Waals surface area contributed by atoms with Crippen molar-refractivity contribution in [3.8, 4) is 11.5 Å². The van der Waals surface area contributed by atoms with Gasteiger partial charge in [-0.3, -0.25) is 4.79 Å². The average Bonchev–Trinajstić information content (AvgIpc) is 3.22. The van der Waals surface area contributed by atoms with Gasteiger partial charge >= 0.3 is 5.97 Å². The van der Waals surface area contributed by atoms with Crippen molar-refractivity contribution in [2.24, 2.45) is 0 Å². The van der Waals surface area contributed by atoms with Crippen LogP contribution in [0.5, 0.6) is 11.5 Å². The maximum atomic E-state index is 13.1. The number of amides is 1. The van der Waals surface area contributed by atoms with Crippen molar-refractivity contribution in [3.63, 3.8) is 0 Å². The highest BCUT2D eigenvalue weighted by Gasteiger charge is 2.37. The zero-order chi connectivity index (χ0) is 19.5. The van der Waals surface area contributed by atoms with Crippen LogP contribution in [0.15, 0.2) is 66.0 Å². The molecule has 1 atom stereocenters. The third kappa shape index (κ3) is 3.51. The lowest BCUT2D eigenvalue weighted by molar-refractivity contribution is -0.146. The van der Waals surface area contributed by atoms with Gasteiger partial charge in [0.05, 0.1) is 7.11 Å². The molecule has 6 heteroatoms. The van der Waals surface area contributed by atoms with Crippen LogP contribution in [0.25, 0.3) is 0 Å². The summed E-state index contributed by atoms with van der Waals surface area (Å²) in [6, 6.07) is 17.6. The van der Waals surface area contributed by atoms with Crippen molar-refractivity contribution in [1.82, 2.24) is 4.90 Å². The van der Waals surface area contributed by atoms with E-state index in [-0.39, 0.29) is 5.91 Å². The summed E-state index contributed by atoms with van der Waals surface area (Å²) in [6.45, 7) is 0.481. The molecule has 1 aromatic heterocycles. The highest BCUT2D eigenvalue weighted by molar-refractivity contribution is 7.10. The second-order valence-electron chi connectivity index (χ2n) is 6.41. The smallest absolute Gasteiger partial charge is 0.333 e. The molecule has 0 N–H and O–H groups in total. The predicted molar refractivity (Wildman–Crippen MR) is 107 cm³/mol. The number of hydrogen-bond acceptors (Lipinski definition) is 5. The molecule has 4 rings (SSSR count). The molecule has 0 aliphatic carbocycles. The van der Waals surface area contributed by atoms with E-state index in [4.69, 9.17) is 9.47 Å². The molecule has 142 valence electrons. The Kier molecular flexibility index (Phi) is 5.12. The Hall–Kier alpha value is -3.12. The van der Waals surface area contributed by atoms with Gasteiger partial charge in [-0.25, -0.2) is 4.79 Å². The van der Waals surface area contributed by atoms with Crippen molar-refractivity contribution in [2.75, 3.05) is 13.7 Å². The molecule has 1 aliphatic heterocycles. The van der Waals surface area contributed by atoms with Gasteiger partial charge in [0.1, 0.15) is 11.5 Å². The van der Waals surface area contributed by atoms with Gasteiger partial charge in [0.2, 0.25) is 0 Å². The molecule has 0 radical (unpaired) electrons. The van der Waals surface area contributed by atoms with E-state index in [0.29, 0.717) is 17.9 Å². The molecule has 0 saturated carbocycles. The number of carbonyl (C=O) groups excluding carboxylic acids is 2. The Morgan fingerprint density at radius 2 is 1.71 bits per heavy atom. The van der Waals surface area contributed by atoms with Crippen molar-refractivity contribution < 1.29 is 19.1 Å². The second-order valence-corrected chi connectivity index (χ2v) is 7.41. The first kappa shape index (κ1) is 18.3. The molecule has 2 heterocycles. The van der Waals surface area contributed by atoms with Crippen molar-refractivity contribution >= 4 is 23.2 Å². The SMILES string of the molecule is COC(=O)C1c2ccsc2CCN1C(=O)c1ccc(Oc2ccccc2)cc1. The fourth-order valence-electron chi connectivity index (χ4n) is 3.36. The molecular formula is C22H19NO4S.